The van der Waals surface area contributed by atoms with E-state index in [9.17, 15) is 9.59 Å². The molecule has 0 aliphatic carbocycles. The Morgan fingerprint density at radius 2 is 2.04 bits per heavy atom. The molecule has 6 nitrogen and oxygen atoms in total. The molecule has 2 N–H and O–H groups in total. The second-order valence-electron chi connectivity index (χ2n) is 6.34. The van der Waals surface area contributed by atoms with E-state index in [1.54, 1.807) is 23.1 Å². The number of carbonyl (C=O) groups excluding carboxylic acids is 2. The van der Waals surface area contributed by atoms with Gasteiger partial charge in [0.15, 0.2) is 0 Å². The van der Waals surface area contributed by atoms with Crippen molar-refractivity contribution in [1.82, 2.24) is 5.32 Å². The fraction of sp³-hybridized carbons (Fsp3) is 0.300. The highest BCUT2D eigenvalue weighted by Crippen LogP contribution is 2.22. The monoisotopic (exact) mass is 387 g/mol. The molecule has 3 amide bonds. The summed E-state index contributed by atoms with van der Waals surface area (Å²) in [5, 5.41) is 6.32. The number of ether oxygens (including phenoxy) is 1. The fourth-order valence-corrected chi connectivity index (χ4v) is 2.91. The molecule has 0 atom stereocenters. The first kappa shape index (κ1) is 19.0. The smallest absolute Gasteiger partial charge is 0.321 e. The summed E-state index contributed by atoms with van der Waals surface area (Å²) in [5.41, 5.74) is 2.48. The third-order valence-corrected chi connectivity index (χ3v) is 4.69. The summed E-state index contributed by atoms with van der Waals surface area (Å²) in [6.45, 7) is 3.67. The predicted molar refractivity (Wildman–Crippen MR) is 107 cm³/mol. The lowest BCUT2D eigenvalue weighted by atomic mass is 10.2. The van der Waals surface area contributed by atoms with Crippen LogP contribution < -0.4 is 20.3 Å². The third kappa shape index (κ3) is 5.14. The second kappa shape index (κ2) is 8.77. The van der Waals surface area contributed by atoms with Crippen LogP contribution in [0, 0.1) is 6.92 Å². The number of benzene rings is 2. The highest BCUT2D eigenvalue weighted by atomic mass is 35.5. The minimum Gasteiger partial charge on any atom is -0.494 e. The molecule has 0 unspecified atom stereocenters. The molecular weight excluding hydrogens is 366 g/mol. The molecule has 0 radical (unpaired) electrons. The van der Waals surface area contributed by atoms with Gasteiger partial charge in [0.2, 0.25) is 5.91 Å². The van der Waals surface area contributed by atoms with Crippen molar-refractivity contribution in [1.29, 1.82) is 0 Å². The van der Waals surface area contributed by atoms with E-state index in [-0.39, 0.29) is 11.9 Å². The molecule has 1 fully saturated rings. The summed E-state index contributed by atoms with van der Waals surface area (Å²) in [6, 6.07) is 12.6. The Morgan fingerprint density at radius 1 is 1.26 bits per heavy atom. The Balaban J connectivity index is 1.41. The zero-order valence-corrected chi connectivity index (χ0v) is 15.9. The summed E-state index contributed by atoms with van der Waals surface area (Å²) in [6.07, 6.45) is 0.975. The Morgan fingerprint density at radius 3 is 2.70 bits per heavy atom. The number of hydrogen-bond donors (Lipinski definition) is 2. The van der Waals surface area contributed by atoms with Gasteiger partial charge in [-0.15, -0.1) is 0 Å². The highest BCUT2D eigenvalue weighted by Gasteiger charge is 2.20. The lowest BCUT2D eigenvalue weighted by molar-refractivity contribution is -0.116. The summed E-state index contributed by atoms with van der Waals surface area (Å²) < 4.78 is 5.64. The number of aryl methyl sites for hydroxylation is 1. The van der Waals surface area contributed by atoms with Gasteiger partial charge in [-0.3, -0.25) is 9.69 Å². The minimum atomic E-state index is -0.0948. The van der Waals surface area contributed by atoms with Gasteiger partial charge in [-0.05, 0) is 61.4 Å². The van der Waals surface area contributed by atoms with Crippen molar-refractivity contribution in [2.75, 3.05) is 29.9 Å². The number of nitrogens with zero attached hydrogens (tertiary/aromatic N) is 1. The van der Waals surface area contributed by atoms with Gasteiger partial charge in [-0.25, -0.2) is 4.79 Å². The number of carbonyl (C=O) groups is 2. The van der Waals surface area contributed by atoms with Crippen LogP contribution >= 0.6 is 11.6 Å². The van der Waals surface area contributed by atoms with Crippen LogP contribution in [0.25, 0.3) is 0 Å². The van der Waals surface area contributed by atoms with Gasteiger partial charge in [0.05, 0.1) is 6.61 Å². The summed E-state index contributed by atoms with van der Waals surface area (Å²) in [7, 11) is 0. The SMILES string of the molecule is Cc1cc(OCCCC(=O)Nc2ccc(N3CCNC3=O)cc2)ccc1Cl. The van der Waals surface area contributed by atoms with Gasteiger partial charge < -0.3 is 15.4 Å². The van der Waals surface area contributed by atoms with Crippen LogP contribution in [-0.2, 0) is 4.79 Å². The van der Waals surface area contributed by atoms with Crippen LogP contribution in [0.15, 0.2) is 42.5 Å². The molecule has 1 saturated heterocycles. The minimum absolute atomic E-state index is 0.0717. The number of nitrogens with one attached hydrogen (secondary N) is 2. The molecule has 0 aromatic heterocycles. The van der Waals surface area contributed by atoms with Crippen LogP contribution in [0.2, 0.25) is 5.02 Å². The quantitative estimate of drug-likeness (QED) is 0.706. The van der Waals surface area contributed by atoms with Crippen molar-refractivity contribution in [2.24, 2.45) is 0 Å². The molecule has 0 spiro atoms. The number of anilines is 2. The molecule has 1 heterocycles. The molecule has 2 aromatic rings. The topological polar surface area (TPSA) is 70.7 Å². The number of hydrogen-bond acceptors (Lipinski definition) is 3. The van der Waals surface area contributed by atoms with E-state index in [4.69, 9.17) is 16.3 Å². The largest absolute Gasteiger partial charge is 0.494 e. The molecule has 1 aliphatic heterocycles. The molecule has 0 saturated carbocycles. The van der Waals surface area contributed by atoms with E-state index in [0.717, 1.165) is 17.0 Å². The maximum absolute atomic E-state index is 12.1. The van der Waals surface area contributed by atoms with E-state index in [2.05, 4.69) is 10.6 Å². The van der Waals surface area contributed by atoms with Crippen molar-refractivity contribution in [3.63, 3.8) is 0 Å². The number of urea groups is 1. The third-order valence-electron chi connectivity index (χ3n) is 4.27. The predicted octanol–water partition coefficient (Wildman–Crippen LogP) is 3.98. The number of rotatable bonds is 7. The number of halogens is 1. The molecule has 27 heavy (non-hydrogen) atoms. The van der Waals surface area contributed by atoms with E-state index in [1.165, 1.54) is 0 Å². The molecule has 3 rings (SSSR count). The van der Waals surface area contributed by atoms with Gasteiger partial charge >= 0.3 is 6.03 Å². The van der Waals surface area contributed by atoms with Gasteiger partial charge in [0, 0.05) is 35.9 Å². The van der Waals surface area contributed by atoms with Gasteiger partial charge in [-0.2, -0.15) is 0 Å². The van der Waals surface area contributed by atoms with Crippen LogP contribution in [0.5, 0.6) is 5.75 Å². The zero-order chi connectivity index (χ0) is 19.2. The molecular formula is C20H22ClN3O3. The van der Waals surface area contributed by atoms with Crippen molar-refractivity contribution in [2.45, 2.75) is 19.8 Å². The first-order valence-electron chi connectivity index (χ1n) is 8.87. The Kier molecular flexibility index (Phi) is 6.19. The average molecular weight is 388 g/mol. The first-order valence-corrected chi connectivity index (χ1v) is 9.25. The van der Waals surface area contributed by atoms with Gasteiger partial charge in [-0.1, -0.05) is 11.6 Å². The summed E-state index contributed by atoms with van der Waals surface area (Å²) in [4.78, 5) is 25.4. The lowest BCUT2D eigenvalue weighted by Crippen LogP contribution is -2.27. The summed E-state index contributed by atoms with van der Waals surface area (Å²) >= 11 is 5.98. The van der Waals surface area contributed by atoms with Crippen molar-refractivity contribution in [3.05, 3.63) is 53.1 Å². The molecule has 0 bridgehead atoms. The molecule has 142 valence electrons. The van der Waals surface area contributed by atoms with Crippen molar-refractivity contribution >= 4 is 34.9 Å². The summed E-state index contributed by atoms with van der Waals surface area (Å²) in [5.74, 6) is 0.677. The van der Waals surface area contributed by atoms with Crippen LogP contribution in [0.1, 0.15) is 18.4 Å². The van der Waals surface area contributed by atoms with Crippen LogP contribution in [-0.4, -0.2) is 31.6 Å². The molecule has 1 aliphatic rings. The zero-order valence-electron chi connectivity index (χ0n) is 15.1. The lowest BCUT2D eigenvalue weighted by Gasteiger charge is -2.14. The van der Waals surface area contributed by atoms with Gasteiger partial charge in [0.1, 0.15) is 5.75 Å². The first-order chi connectivity index (χ1) is 13.0. The highest BCUT2D eigenvalue weighted by molar-refractivity contribution is 6.31. The maximum Gasteiger partial charge on any atom is 0.321 e. The average Bonchev–Trinajstić information content (AvgIpc) is 3.08. The Labute approximate surface area is 163 Å². The van der Waals surface area contributed by atoms with Crippen LogP contribution in [0.4, 0.5) is 16.2 Å². The van der Waals surface area contributed by atoms with Gasteiger partial charge in [0.25, 0.3) is 0 Å². The van der Waals surface area contributed by atoms with E-state index >= 15 is 0 Å². The standard InChI is InChI=1S/C20H22ClN3O3/c1-14-13-17(8-9-18(14)21)27-12-2-3-19(25)23-15-4-6-16(7-5-15)24-11-10-22-20(24)26/h4-9,13H,2-3,10-12H2,1H3,(H,22,26)(H,23,25). The van der Waals surface area contributed by atoms with Crippen LogP contribution in [0.3, 0.4) is 0 Å². The molecule has 7 heteroatoms. The Hall–Kier alpha value is -2.73. The second-order valence-corrected chi connectivity index (χ2v) is 6.75. The van der Waals surface area contributed by atoms with Crippen molar-refractivity contribution in [3.8, 4) is 5.75 Å². The van der Waals surface area contributed by atoms with Crippen molar-refractivity contribution < 1.29 is 14.3 Å². The Bertz CT molecular complexity index is 824. The fourth-order valence-electron chi connectivity index (χ4n) is 2.80. The van der Waals surface area contributed by atoms with E-state index < -0.39 is 0 Å². The maximum atomic E-state index is 12.1. The molecule has 2 aromatic carbocycles. The normalized spacial score (nSPS) is 13.4. The van der Waals surface area contributed by atoms with E-state index in [0.29, 0.717) is 43.2 Å². The van der Waals surface area contributed by atoms with E-state index in [1.807, 2.05) is 31.2 Å². The number of amides is 3.